The van der Waals surface area contributed by atoms with E-state index in [1.807, 2.05) is 6.07 Å². The third-order valence-electron chi connectivity index (χ3n) is 3.39. The van der Waals surface area contributed by atoms with E-state index in [1.165, 1.54) is 22.5 Å². The molecule has 1 heterocycles. The molecule has 86 valence electrons. The monoisotopic (exact) mass is 225 g/mol. The van der Waals surface area contributed by atoms with Crippen molar-refractivity contribution in [1.82, 2.24) is 0 Å². The van der Waals surface area contributed by atoms with Gasteiger partial charge in [-0.1, -0.05) is 24.3 Å². The molecule has 0 spiro atoms. The molecule has 1 aliphatic heterocycles. The molecule has 0 amide bonds. The molecule has 2 aromatic rings. The number of ether oxygens (including phenoxy) is 1. The average molecular weight is 225 g/mol. The van der Waals surface area contributed by atoms with Crippen molar-refractivity contribution in [2.75, 3.05) is 19.1 Å². The molecule has 17 heavy (non-hydrogen) atoms. The van der Waals surface area contributed by atoms with Gasteiger partial charge in [0.1, 0.15) is 5.75 Å². The summed E-state index contributed by atoms with van der Waals surface area (Å²) >= 11 is 0. The summed E-state index contributed by atoms with van der Waals surface area (Å²) < 4.78 is 5.29. The van der Waals surface area contributed by atoms with Gasteiger partial charge in [0.05, 0.1) is 7.11 Å². The van der Waals surface area contributed by atoms with Gasteiger partial charge in [-0.3, -0.25) is 0 Å². The van der Waals surface area contributed by atoms with Crippen LogP contribution < -0.4 is 9.64 Å². The SMILES string of the molecule is COc1ccc2c(c1)N(C)c1ccccc1C2. The van der Waals surface area contributed by atoms with Crippen LogP contribution in [0.15, 0.2) is 42.5 Å². The Labute approximate surface area is 101 Å². The molecule has 0 radical (unpaired) electrons. The van der Waals surface area contributed by atoms with E-state index in [0.29, 0.717) is 0 Å². The molecule has 0 bridgehead atoms. The maximum atomic E-state index is 5.29. The number of benzene rings is 2. The van der Waals surface area contributed by atoms with E-state index in [1.54, 1.807) is 7.11 Å². The van der Waals surface area contributed by atoms with Crippen LogP contribution in [0.5, 0.6) is 5.75 Å². The highest BCUT2D eigenvalue weighted by atomic mass is 16.5. The van der Waals surface area contributed by atoms with Crippen molar-refractivity contribution in [2.24, 2.45) is 0 Å². The van der Waals surface area contributed by atoms with Crippen molar-refractivity contribution in [2.45, 2.75) is 6.42 Å². The van der Waals surface area contributed by atoms with Crippen molar-refractivity contribution in [3.63, 3.8) is 0 Å². The zero-order valence-corrected chi connectivity index (χ0v) is 10.1. The summed E-state index contributed by atoms with van der Waals surface area (Å²) in [5.74, 6) is 0.912. The van der Waals surface area contributed by atoms with Crippen LogP contribution in [0.25, 0.3) is 0 Å². The van der Waals surface area contributed by atoms with E-state index in [2.05, 4.69) is 48.3 Å². The average Bonchev–Trinajstić information content (AvgIpc) is 2.39. The van der Waals surface area contributed by atoms with Gasteiger partial charge in [-0.05, 0) is 23.3 Å². The van der Waals surface area contributed by atoms with Gasteiger partial charge in [-0.15, -0.1) is 0 Å². The largest absolute Gasteiger partial charge is 0.497 e. The molecule has 0 aliphatic carbocycles. The Morgan fingerprint density at radius 2 is 1.76 bits per heavy atom. The van der Waals surface area contributed by atoms with Crippen molar-refractivity contribution >= 4 is 11.4 Å². The summed E-state index contributed by atoms with van der Waals surface area (Å²) in [6, 6.07) is 14.8. The highest BCUT2D eigenvalue weighted by Crippen LogP contribution is 2.38. The van der Waals surface area contributed by atoms with Gasteiger partial charge in [-0.2, -0.15) is 0 Å². The summed E-state index contributed by atoms with van der Waals surface area (Å²) in [7, 11) is 3.81. The van der Waals surface area contributed by atoms with Crippen molar-refractivity contribution in [3.8, 4) is 5.75 Å². The molecule has 0 aromatic heterocycles. The van der Waals surface area contributed by atoms with Gasteiger partial charge in [0.2, 0.25) is 0 Å². The molecule has 0 fully saturated rings. The Morgan fingerprint density at radius 1 is 1.00 bits per heavy atom. The van der Waals surface area contributed by atoms with Crippen LogP contribution in [0.4, 0.5) is 11.4 Å². The predicted octanol–water partition coefficient (Wildman–Crippen LogP) is 3.37. The Hall–Kier alpha value is -1.96. The van der Waals surface area contributed by atoms with Gasteiger partial charge in [0.25, 0.3) is 0 Å². The van der Waals surface area contributed by atoms with Crippen LogP contribution in [-0.2, 0) is 6.42 Å². The number of hydrogen-bond donors (Lipinski definition) is 0. The first-order valence-electron chi connectivity index (χ1n) is 5.78. The molecule has 0 saturated heterocycles. The van der Waals surface area contributed by atoms with Crippen LogP contribution in [0.1, 0.15) is 11.1 Å². The zero-order chi connectivity index (χ0) is 11.8. The summed E-state index contributed by atoms with van der Waals surface area (Å²) in [5.41, 5.74) is 5.26. The lowest BCUT2D eigenvalue weighted by atomic mass is 9.96. The molecular formula is C15H15NO. The molecule has 0 saturated carbocycles. The van der Waals surface area contributed by atoms with Gasteiger partial charge < -0.3 is 9.64 Å². The molecule has 2 nitrogen and oxygen atoms in total. The number of fused-ring (bicyclic) bond motifs is 2. The van der Waals surface area contributed by atoms with E-state index in [4.69, 9.17) is 4.74 Å². The number of anilines is 2. The summed E-state index contributed by atoms with van der Waals surface area (Å²) in [6.07, 6.45) is 1.000. The maximum Gasteiger partial charge on any atom is 0.120 e. The quantitative estimate of drug-likeness (QED) is 0.737. The van der Waals surface area contributed by atoms with Gasteiger partial charge in [0, 0.05) is 30.9 Å². The first-order valence-corrected chi connectivity index (χ1v) is 5.78. The minimum absolute atomic E-state index is 0.912. The first-order chi connectivity index (χ1) is 8.29. The first kappa shape index (κ1) is 10.2. The predicted molar refractivity (Wildman–Crippen MR) is 70.3 cm³/mol. The van der Waals surface area contributed by atoms with E-state index in [0.717, 1.165) is 12.2 Å². The van der Waals surface area contributed by atoms with Gasteiger partial charge in [-0.25, -0.2) is 0 Å². The number of para-hydroxylation sites is 1. The van der Waals surface area contributed by atoms with Gasteiger partial charge >= 0.3 is 0 Å². The normalized spacial score (nSPS) is 12.9. The van der Waals surface area contributed by atoms with Crippen molar-refractivity contribution in [3.05, 3.63) is 53.6 Å². The smallest absolute Gasteiger partial charge is 0.120 e. The summed E-state index contributed by atoms with van der Waals surface area (Å²) in [4.78, 5) is 2.23. The second-order valence-electron chi connectivity index (χ2n) is 4.36. The lowest BCUT2D eigenvalue weighted by Gasteiger charge is -2.30. The minimum Gasteiger partial charge on any atom is -0.497 e. The third kappa shape index (κ3) is 1.57. The van der Waals surface area contributed by atoms with Crippen LogP contribution in [-0.4, -0.2) is 14.2 Å². The Morgan fingerprint density at radius 3 is 2.59 bits per heavy atom. The fraction of sp³-hybridized carbons (Fsp3) is 0.200. The fourth-order valence-electron chi connectivity index (χ4n) is 2.45. The molecule has 0 N–H and O–H groups in total. The van der Waals surface area contributed by atoms with E-state index < -0.39 is 0 Å². The molecule has 2 heteroatoms. The van der Waals surface area contributed by atoms with E-state index in [-0.39, 0.29) is 0 Å². The minimum atomic E-state index is 0.912. The lowest BCUT2D eigenvalue weighted by Crippen LogP contribution is -2.18. The van der Waals surface area contributed by atoms with Crippen molar-refractivity contribution in [1.29, 1.82) is 0 Å². The van der Waals surface area contributed by atoms with E-state index >= 15 is 0 Å². The zero-order valence-electron chi connectivity index (χ0n) is 10.1. The number of rotatable bonds is 1. The Kier molecular flexibility index (Phi) is 2.29. The molecular weight excluding hydrogens is 210 g/mol. The summed E-state index contributed by atoms with van der Waals surface area (Å²) in [5, 5.41) is 0. The van der Waals surface area contributed by atoms with Crippen LogP contribution in [0.3, 0.4) is 0 Å². The maximum absolute atomic E-state index is 5.29. The fourth-order valence-corrected chi connectivity index (χ4v) is 2.45. The number of hydrogen-bond acceptors (Lipinski definition) is 2. The Bertz CT molecular complexity index is 563. The molecule has 0 atom stereocenters. The summed E-state index contributed by atoms with van der Waals surface area (Å²) in [6.45, 7) is 0. The van der Waals surface area contributed by atoms with E-state index in [9.17, 15) is 0 Å². The molecule has 2 aromatic carbocycles. The number of nitrogens with zero attached hydrogens (tertiary/aromatic N) is 1. The lowest BCUT2D eigenvalue weighted by molar-refractivity contribution is 0.414. The third-order valence-corrected chi connectivity index (χ3v) is 3.39. The number of methoxy groups -OCH3 is 1. The van der Waals surface area contributed by atoms with Crippen LogP contribution >= 0.6 is 0 Å². The van der Waals surface area contributed by atoms with Crippen LogP contribution in [0, 0.1) is 0 Å². The topological polar surface area (TPSA) is 12.5 Å². The standard InChI is InChI=1S/C15H15NO/c1-16-14-6-4-3-5-11(14)9-12-7-8-13(17-2)10-15(12)16/h3-8,10H,9H2,1-2H3. The highest BCUT2D eigenvalue weighted by Gasteiger charge is 2.19. The van der Waals surface area contributed by atoms with Crippen LogP contribution in [0.2, 0.25) is 0 Å². The highest BCUT2D eigenvalue weighted by molar-refractivity contribution is 5.74. The second kappa shape index (κ2) is 3.81. The molecule has 1 aliphatic rings. The molecule has 3 rings (SSSR count). The second-order valence-corrected chi connectivity index (χ2v) is 4.36. The molecule has 0 unspecified atom stereocenters. The van der Waals surface area contributed by atoms with Gasteiger partial charge in [0.15, 0.2) is 0 Å². The van der Waals surface area contributed by atoms with Crippen molar-refractivity contribution < 1.29 is 4.74 Å². The Balaban J connectivity index is 2.13.